The van der Waals surface area contributed by atoms with Crippen molar-refractivity contribution in [1.29, 1.82) is 0 Å². The lowest BCUT2D eigenvalue weighted by atomic mass is 9.80. The molecule has 20 heavy (non-hydrogen) atoms. The summed E-state index contributed by atoms with van der Waals surface area (Å²) in [6.45, 7) is 4.19. The van der Waals surface area contributed by atoms with E-state index in [0.29, 0.717) is 0 Å². The topological polar surface area (TPSA) is 28.4 Å². The smallest absolute Gasteiger partial charge is 0.0830 e. The molecule has 2 aliphatic heterocycles. The zero-order valence-electron chi connectivity index (χ0n) is 12.3. The van der Waals surface area contributed by atoms with Crippen LogP contribution in [-0.2, 0) is 13.5 Å². The summed E-state index contributed by atoms with van der Waals surface area (Å²) in [5.74, 6) is 0. The number of benzene rings is 1. The molecule has 3 heteroatoms. The van der Waals surface area contributed by atoms with Gasteiger partial charge in [0.2, 0.25) is 0 Å². The Morgan fingerprint density at radius 1 is 1.25 bits per heavy atom. The van der Waals surface area contributed by atoms with E-state index in [1.807, 2.05) is 6.92 Å². The molecule has 2 aromatic rings. The molecular formula is C17H22N2O. The minimum Gasteiger partial charge on any atom is -0.388 e. The van der Waals surface area contributed by atoms with Crippen molar-refractivity contribution in [3.8, 4) is 0 Å². The minimum atomic E-state index is -0.616. The maximum atomic E-state index is 10.9. The van der Waals surface area contributed by atoms with E-state index < -0.39 is 5.60 Å². The number of para-hydroxylation sites is 1. The summed E-state index contributed by atoms with van der Waals surface area (Å²) >= 11 is 0. The highest BCUT2D eigenvalue weighted by molar-refractivity contribution is 5.86. The molecule has 3 heterocycles. The molecule has 1 saturated heterocycles. The number of fused-ring (bicyclic) bond motifs is 5. The molecule has 2 aliphatic rings. The molecule has 1 aromatic heterocycles. The number of aryl methyl sites for hydroxylation is 1. The SMILES string of the molecule is Cn1c2c(c3ccccc31)CCN1CCC[C@@](C)(O)[C@H]21. The fourth-order valence-electron chi connectivity index (χ4n) is 4.37. The number of aromatic nitrogens is 1. The second-order valence-electron chi connectivity index (χ2n) is 6.59. The Morgan fingerprint density at radius 3 is 2.90 bits per heavy atom. The lowest BCUT2D eigenvalue weighted by molar-refractivity contribution is -0.0761. The second-order valence-corrected chi connectivity index (χ2v) is 6.59. The normalized spacial score (nSPS) is 30.2. The Balaban J connectivity index is 1.99. The highest BCUT2D eigenvalue weighted by Gasteiger charge is 2.45. The third-order valence-electron chi connectivity index (χ3n) is 5.25. The molecule has 3 nitrogen and oxygen atoms in total. The van der Waals surface area contributed by atoms with E-state index in [1.54, 1.807) is 0 Å². The van der Waals surface area contributed by atoms with E-state index in [0.717, 1.165) is 32.4 Å². The molecule has 0 spiro atoms. The Labute approximate surface area is 119 Å². The van der Waals surface area contributed by atoms with Crippen LogP contribution in [0.1, 0.15) is 37.1 Å². The Hall–Kier alpha value is -1.32. The van der Waals surface area contributed by atoms with E-state index in [1.165, 1.54) is 22.2 Å². The van der Waals surface area contributed by atoms with Gasteiger partial charge in [-0.1, -0.05) is 18.2 Å². The van der Waals surface area contributed by atoms with Gasteiger partial charge in [0.25, 0.3) is 0 Å². The van der Waals surface area contributed by atoms with Crippen LogP contribution in [0, 0.1) is 0 Å². The van der Waals surface area contributed by atoms with Crippen LogP contribution < -0.4 is 0 Å². The number of aliphatic hydroxyl groups is 1. The summed E-state index contributed by atoms with van der Waals surface area (Å²) in [4.78, 5) is 2.48. The molecule has 0 bridgehead atoms. The fourth-order valence-corrected chi connectivity index (χ4v) is 4.37. The van der Waals surface area contributed by atoms with Gasteiger partial charge < -0.3 is 9.67 Å². The van der Waals surface area contributed by atoms with Crippen LogP contribution in [0.2, 0.25) is 0 Å². The predicted octanol–water partition coefficient (Wildman–Crippen LogP) is 2.62. The van der Waals surface area contributed by atoms with E-state index >= 15 is 0 Å². The van der Waals surface area contributed by atoms with Gasteiger partial charge in [-0.2, -0.15) is 0 Å². The average molecular weight is 270 g/mol. The maximum absolute atomic E-state index is 10.9. The summed E-state index contributed by atoms with van der Waals surface area (Å²) in [5, 5.41) is 12.3. The van der Waals surface area contributed by atoms with E-state index in [9.17, 15) is 5.11 Å². The van der Waals surface area contributed by atoms with Crippen molar-refractivity contribution in [1.82, 2.24) is 9.47 Å². The average Bonchev–Trinajstić information content (AvgIpc) is 2.72. The number of rotatable bonds is 0. The molecule has 0 aliphatic carbocycles. The standard InChI is InChI=1S/C17H22N2O/c1-17(20)9-5-10-19-11-8-13-12-6-3-4-7-14(12)18(2)15(13)16(17)19/h3-4,6-7,16,20H,5,8-11H2,1-2H3/t16-,17+/m0/s1. The van der Waals surface area contributed by atoms with Crippen molar-refractivity contribution in [2.45, 2.75) is 37.8 Å². The first-order valence-corrected chi connectivity index (χ1v) is 7.62. The maximum Gasteiger partial charge on any atom is 0.0830 e. The first kappa shape index (κ1) is 12.4. The van der Waals surface area contributed by atoms with Crippen LogP contribution in [0.4, 0.5) is 0 Å². The number of hydrogen-bond acceptors (Lipinski definition) is 2. The number of hydrogen-bond donors (Lipinski definition) is 1. The van der Waals surface area contributed by atoms with Crippen LogP contribution in [0.5, 0.6) is 0 Å². The van der Waals surface area contributed by atoms with Gasteiger partial charge in [-0.25, -0.2) is 0 Å². The highest BCUT2D eigenvalue weighted by Crippen LogP contribution is 2.45. The fraction of sp³-hybridized carbons (Fsp3) is 0.529. The molecule has 4 rings (SSSR count). The van der Waals surface area contributed by atoms with Gasteiger partial charge >= 0.3 is 0 Å². The van der Waals surface area contributed by atoms with E-state index in [2.05, 4.69) is 40.8 Å². The third-order valence-corrected chi connectivity index (χ3v) is 5.25. The predicted molar refractivity (Wildman–Crippen MR) is 80.8 cm³/mol. The summed E-state index contributed by atoms with van der Waals surface area (Å²) in [5.41, 5.74) is 3.46. The molecule has 2 atom stereocenters. The summed E-state index contributed by atoms with van der Waals surface area (Å²) < 4.78 is 2.31. The molecule has 0 radical (unpaired) electrons. The monoisotopic (exact) mass is 270 g/mol. The molecule has 1 N–H and O–H groups in total. The molecular weight excluding hydrogens is 248 g/mol. The van der Waals surface area contributed by atoms with Crippen LogP contribution in [0.15, 0.2) is 24.3 Å². The zero-order chi connectivity index (χ0) is 13.9. The van der Waals surface area contributed by atoms with Crippen LogP contribution >= 0.6 is 0 Å². The highest BCUT2D eigenvalue weighted by atomic mass is 16.3. The Morgan fingerprint density at radius 2 is 2.05 bits per heavy atom. The molecule has 0 saturated carbocycles. The van der Waals surface area contributed by atoms with Gasteiger partial charge in [0.1, 0.15) is 0 Å². The second kappa shape index (κ2) is 4.09. The minimum absolute atomic E-state index is 0.150. The van der Waals surface area contributed by atoms with E-state index in [-0.39, 0.29) is 6.04 Å². The Bertz CT molecular complexity index is 671. The van der Waals surface area contributed by atoms with Crippen molar-refractivity contribution >= 4 is 10.9 Å². The van der Waals surface area contributed by atoms with Gasteiger partial charge in [0.15, 0.2) is 0 Å². The Kier molecular flexibility index (Phi) is 2.54. The zero-order valence-corrected chi connectivity index (χ0v) is 12.3. The summed E-state index contributed by atoms with van der Waals surface area (Å²) in [6.07, 6.45) is 3.10. The van der Waals surface area contributed by atoms with Gasteiger partial charge in [-0.3, -0.25) is 4.90 Å². The lowest BCUT2D eigenvalue weighted by Gasteiger charge is -2.48. The summed E-state index contributed by atoms with van der Waals surface area (Å²) in [6, 6.07) is 8.78. The molecule has 106 valence electrons. The van der Waals surface area contributed by atoms with Gasteiger partial charge in [0.05, 0.1) is 11.6 Å². The largest absolute Gasteiger partial charge is 0.388 e. The van der Waals surface area contributed by atoms with Crippen molar-refractivity contribution in [2.24, 2.45) is 7.05 Å². The first-order valence-electron chi connectivity index (χ1n) is 7.62. The molecule has 0 amide bonds. The van der Waals surface area contributed by atoms with Gasteiger partial charge in [0, 0.05) is 30.2 Å². The summed E-state index contributed by atoms with van der Waals surface area (Å²) in [7, 11) is 2.15. The van der Waals surface area contributed by atoms with Crippen LogP contribution in [0.25, 0.3) is 10.9 Å². The van der Waals surface area contributed by atoms with Crippen molar-refractivity contribution in [3.05, 3.63) is 35.5 Å². The number of piperidine rings is 1. The lowest BCUT2D eigenvalue weighted by Crippen LogP contribution is -2.52. The number of nitrogens with zero attached hydrogens (tertiary/aromatic N) is 2. The van der Waals surface area contributed by atoms with Gasteiger partial charge in [-0.05, 0) is 44.4 Å². The van der Waals surface area contributed by atoms with Crippen LogP contribution in [0.3, 0.4) is 0 Å². The van der Waals surface area contributed by atoms with Crippen LogP contribution in [-0.4, -0.2) is 33.3 Å². The molecule has 1 aromatic carbocycles. The van der Waals surface area contributed by atoms with Crippen molar-refractivity contribution in [3.63, 3.8) is 0 Å². The molecule has 0 unspecified atom stereocenters. The third kappa shape index (κ3) is 1.54. The van der Waals surface area contributed by atoms with Crippen molar-refractivity contribution < 1.29 is 5.11 Å². The quantitative estimate of drug-likeness (QED) is 0.797. The van der Waals surface area contributed by atoms with E-state index in [4.69, 9.17) is 0 Å². The van der Waals surface area contributed by atoms with Crippen molar-refractivity contribution in [2.75, 3.05) is 13.1 Å². The first-order chi connectivity index (χ1) is 9.59. The van der Waals surface area contributed by atoms with Gasteiger partial charge in [-0.15, -0.1) is 0 Å². The molecule has 1 fully saturated rings.